The Morgan fingerprint density at radius 2 is 2.10 bits per heavy atom. The molecule has 7 heteroatoms. The standard InChI is InChI=1S/C14H17N5O2/c1-16-14(20)11-4-6-13(19-18-11)17-8-9-3-5-12(21-2)10(15)7-9/h3-7H,8,15H2,1-2H3,(H,16,20)(H,17,19). The molecular formula is C14H17N5O2. The van der Waals surface area contributed by atoms with Crippen LogP contribution in [0.4, 0.5) is 11.5 Å². The molecule has 21 heavy (non-hydrogen) atoms. The maximum Gasteiger partial charge on any atom is 0.271 e. The third kappa shape index (κ3) is 3.59. The van der Waals surface area contributed by atoms with E-state index in [-0.39, 0.29) is 11.6 Å². The smallest absolute Gasteiger partial charge is 0.271 e. The monoisotopic (exact) mass is 287 g/mol. The fourth-order valence-electron chi connectivity index (χ4n) is 1.76. The molecule has 110 valence electrons. The number of nitrogens with two attached hydrogens (primary N) is 1. The summed E-state index contributed by atoms with van der Waals surface area (Å²) in [4.78, 5) is 11.3. The number of hydrogen-bond acceptors (Lipinski definition) is 6. The molecule has 7 nitrogen and oxygen atoms in total. The van der Waals surface area contributed by atoms with Crippen molar-refractivity contribution < 1.29 is 9.53 Å². The molecule has 0 radical (unpaired) electrons. The summed E-state index contributed by atoms with van der Waals surface area (Å²) in [7, 11) is 3.12. The van der Waals surface area contributed by atoms with E-state index in [0.29, 0.717) is 23.8 Å². The van der Waals surface area contributed by atoms with Gasteiger partial charge in [0.05, 0.1) is 12.8 Å². The number of nitrogen functional groups attached to an aromatic ring is 1. The maximum atomic E-state index is 11.3. The quantitative estimate of drug-likeness (QED) is 0.710. The van der Waals surface area contributed by atoms with Gasteiger partial charge in [-0.05, 0) is 29.8 Å². The van der Waals surface area contributed by atoms with Crippen LogP contribution in [0.25, 0.3) is 0 Å². The molecule has 0 saturated carbocycles. The second-order valence-electron chi connectivity index (χ2n) is 4.31. The molecule has 1 heterocycles. The summed E-state index contributed by atoms with van der Waals surface area (Å²) in [6, 6.07) is 8.86. The van der Waals surface area contributed by atoms with Crippen LogP contribution in [-0.4, -0.2) is 30.3 Å². The van der Waals surface area contributed by atoms with Gasteiger partial charge in [-0.1, -0.05) is 6.07 Å². The van der Waals surface area contributed by atoms with E-state index < -0.39 is 0 Å². The molecule has 2 rings (SSSR count). The fraction of sp³-hybridized carbons (Fsp3) is 0.214. The van der Waals surface area contributed by atoms with Crippen molar-refractivity contribution in [2.24, 2.45) is 0 Å². The van der Waals surface area contributed by atoms with Crippen LogP contribution in [-0.2, 0) is 6.54 Å². The van der Waals surface area contributed by atoms with Crippen molar-refractivity contribution in [1.29, 1.82) is 0 Å². The first kappa shape index (κ1) is 14.6. The van der Waals surface area contributed by atoms with Gasteiger partial charge in [0.1, 0.15) is 11.6 Å². The summed E-state index contributed by atoms with van der Waals surface area (Å²) < 4.78 is 5.10. The molecular weight excluding hydrogens is 270 g/mol. The molecule has 1 amide bonds. The predicted molar refractivity (Wildman–Crippen MR) is 80.2 cm³/mol. The van der Waals surface area contributed by atoms with Crippen molar-refractivity contribution in [1.82, 2.24) is 15.5 Å². The molecule has 1 aromatic carbocycles. The molecule has 0 bridgehead atoms. The Hall–Kier alpha value is -2.83. The predicted octanol–water partition coefficient (Wildman–Crippen LogP) is 1.04. The van der Waals surface area contributed by atoms with Crippen LogP contribution in [0.15, 0.2) is 30.3 Å². The van der Waals surface area contributed by atoms with Gasteiger partial charge in [-0.2, -0.15) is 0 Å². The van der Waals surface area contributed by atoms with E-state index in [1.807, 2.05) is 18.2 Å². The highest BCUT2D eigenvalue weighted by Gasteiger charge is 2.05. The molecule has 0 aliphatic rings. The zero-order valence-corrected chi connectivity index (χ0v) is 11.9. The lowest BCUT2D eigenvalue weighted by Gasteiger charge is -2.08. The molecule has 0 aliphatic heterocycles. The van der Waals surface area contributed by atoms with E-state index in [2.05, 4.69) is 20.8 Å². The van der Waals surface area contributed by atoms with Crippen LogP contribution >= 0.6 is 0 Å². The normalized spacial score (nSPS) is 10.0. The molecule has 0 aliphatic carbocycles. The van der Waals surface area contributed by atoms with Crippen LogP contribution in [0.1, 0.15) is 16.1 Å². The minimum atomic E-state index is -0.267. The molecule has 0 spiro atoms. The molecule has 4 N–H and O–H groups in total. The number of aromatic nitrogens is 2. The highest BCUT2D eigenvalue weighted by Crippen LogP contribution is 2.22. The number of carbonyl (C=O) groups is 1. The lowest BCUT2D eigenvalue weighted by molar-refractivity contribution is 0.0957. The molecule has 0 unspecified atom stereocenters. The number of hydrogen-bond donors (Lipinski definition) is 3. The van der Waals surface area contributed by atoms with Crippen molar-refractivity contribution in [2.75, 3.05) is 25.2 Å². The Balaban J connectivity index is 1.99. The number of nitrogens with zero attached hydrogens (tertiary/aromatic N) is 2. The molecule has 1 aromatic heterocycles. The maximum absolute atomic E-state index is 11.3. The summed E-state index contributed by atoms with van der Waals surface area (Å²) in [5, 5.41) is 13.4. The van der Waals surface area contributed by atoms with Crippen LogP contribution in [0, 0.1) is 0 Å². The van der Waals surface area contributed by atoms with Crippen molar-refractivity contribution in [3.8, 4) is 5.75 Å². The second kappa shape index (κ2) is 6.56. The SMILES string of the molecule is CNC(=O)c1ccc(NCc2ccc(OC)c(N)c2)nn1. The van der Waals surface area contributed by atoms with Gasteiger partial charge < -0.3 is 21.1 Å². The third-order valence-corrected chi connectivity index (χ3v) is 2.89. The highest BCUT2D eigenvalue weighted by molar-refractivity contribution is 5.91. The zero-order valence-electron chi connectivity index (χ0n) is 11.9. The highest BCUT2D eigenvalue weighted by atomic mass is 16.5. The van der Waals surface area contributed by atoms with Crippen molar-refractivity contribution >= 4 is 17.4 Å². The number of anilines is 2. The van der Waals surface area contributed by atoms with Crippen LogP contribution in [0.3, 0.4) is 0 Å². The number of ether oxygens (including phenoxy) is 1. The van der Waals surface area contributed by atoms with Crippen LogP contribution in [0.5, 0.6) is 5.75 Å². The number of amides is 1. The van der Waals surface area contributed by atoms with Gasteiger partial charge in [-0.3, -0.25) is 4.79 Å². The van der Waals surface area contributed by atoms with E-state index in [0.717, 1.165) is 5.56 Å². The van der Waals surface area contributed by atoms with Gasteiger partial charge in [0.15, 0.2) is 5.69 Å². The first-order valence-corrected chi connectivity index (χ1v) is 6.36. The Bertz CT molecular complexity index is 628. The molecule has 0 saturated heterocycles. The average Bonchev–Trinajstić information content (AvgIpc) is 2.52. The lowest BCUT2D eigenvalue weighted by atomic mass is 10.2. The molecule has 0 fully saturated rings. The fourth-order valence-corrected chi connectivity index (χ4v) is 1.76. The third-order valence-electron chi connectivity index (χ3n) is 2.89. The largest absolute Gasteiger partial charge is 0.495 e. The first-order chi connectivity index (χ1) is 10.1. The zero-order chi connectivity index (χ0) is 15.2. The Kier molecular flexibility index (Phi) is 4.55. The van der Waals surface area contributed by atoms with E-state index in [4.69, 9.17) is 10.5 Å². The van der Waals surface area contributed by atoms with Crippen molar-refractivity contribution in [3.63, 3.8) is 0 Å². The second-order valence-corrected chi connectivity index (χ2v) is 4.31. The summed E-state index contributed by atoms with van der Waals surface area (Å²) in [6.07, 6.45) is 0. The van der Waals surface area contributed by atoms with Gasteiger partial charge in [-0.25, -0.2) is 0 Å². The number of benzene rings is 1. The number of methoxy groups -OCH3 is 1. The number of rotatable bonds is 5. The number of carbonyl (C=O) groups excluding carboxylic acids is 1. The average molecular weight is 287 g/mol. The van der Waals surface area contributed by atoms with Gasteiger partial charge in [-0.15, -0.1) is 10.2 Å². The Labute approximate surface area is 122 Å². The van der Waals surface area contributed by atoms with E-state index in [9.17, 15) is 4.79 Å². The summed E-state index contributed by atoms with van der Waals surface area (Å²) >= 11 is 0. The van der Waals surface area contributed by atoms with Gasteiger partial charge >= 0.3 is 0 Å². The van der Waals surface area contributed by atoms with Crippen molar-refractivity contribution in [3.05, 3.63) is 41.6 Å². The first-order valence-electron chi connectivity index (χ1n) is 6.36. The van der Waals surface area contributed by atoms with Crippen LogP contribution < -0.4 is 21.1 Å². The Morgan fingerprint density at radius 3 is 2.67 bits per heavy atom. The van der Waals surface area contributed by atoms with E-state index >= 15 is 0 Å². The Morgan fingerprint density at radius 1 is 1.29 bits per heavy atom. The summed E-state index contributed by atoms with van der Waals surface area (Å²) in [5.74, 6) is 0.961. The van der Waals surface area contributed by atoms with Gasteiger partial charge in [0.25, 0.3) is 5.91 Å². The molecule has 2 aromatic rings. The topological polar surface area (TPSA) is 102 Å². The van der Waals surface area contributed by atoms with E-state index in [1.165, 1.54) is 0 Å². The van der Waals surface area contributed by atoms with Gasteiger partial charge in [0, 0.05) is 13.6 Å². The minimum absolute atomic E-state index is 0.267. The van der Waals surface area contributed by atoms with Crippen LogP contribution in [0.2, 0.25) is 0 Å². The summed E-state index contributed by atoms with van der Waals surface area (Å²) in [6.45, 7) is 0.544. The number of nitrogens with one attached hydrogen (secondary N) is 2. The van der Waals surface area contributed by atoms with Gasteiger partial charge in [0.2, 0.25) is 0 Å². The van der Waals surface area contributed by atoms with E-state index in [1.54, 1.807) is 26.3 Å². The van der Waals surface area contributed by atoms with Crippen molar-refractivity contribution in [2.45, 2.75) is 6.54 Å². The summed E-state index contributed by atoms with van der Waals surface area (Å²) in [5.41, 5.74) is 7.69. The molecule has 0 atom stereocenters. The minimum Gasteiger partial charge on any atom is -0.495 e. The lowest BCUT2D eigenvalue weighted by Crippen LogP contribution is -2.19.